The minimum Gasteiger partial charge on any atom is -0.477 e. The first-order chi connectivity index (χ1) is 13.0. The third kappa shape index (κ3) is 3.24. The summed E-state index contributed by atoms with van der Waals surface area (Å²) in [5.74, 6) is -0.910. The molecule has 2 unspecified atom stereocenters. The van der Waals surface area contributed by atoms with Crippen LogP contribution < -0.4 is 0 Å². The number of thioether (sulfide) groups is 1. The van der Waals surface area contributed by atoms with Crippen molar-refractivity contribution >= 4 is 46.1 Å². The zero-order valence-electron chi connectivity index (χ0n) is 14.4. The number of carboxylic acids is 1. The lowest BCUT2D eigenvalue weighted by atomic mass is 9.93. The van der Waals surface area contributed by atoms with Gasteiger partial charge in [-0.3, -0.25) is 4.99 Å². The quantitative estimate of drug-likeness (QED) is 0.671. The average Bonchev–Trinajstić information content (AvgIpc) is 3.19. The number of amidine groups is 1. The molecule has 2 atom stereocenters. The number of halogens is 2. The van der Waals surface area contributed by atoms with Gasteiger partial charge in [0.1, 0.15) is 10.9 Å². The summed E-state index contributed by atoms with van der Waals surface area (Å²) in [6.45, 7) is 1.97. The second-order valence-electron chi connectivity index (χ2n) is 6.31. The van der Waals surface area contributed by atoms with E-state index >= 15 is 0 Å². The summed E-state index contributed by atoms with van der Waals surface area (Å²) in [6, 6.07) is 15.0. The van der Waals surface area contributed by atoms with Gasteiger partial charge in [0.15, 0.2) is 5.17 Å². The fraction of sp³-hybridized carbons (Fsp3) is 0.200. The van der Waals surface area contributed by atoms with Gasteiger partial charge >= 0.3 is 5.97 Å². The number of fused-ring (bicyclic) bond motifs is 1. The molecule has 0 amide bonds. The molecule has 7 heteroatoms. The molecule has 0 aromatic heterocycles. The molecule has 2 heterocycles. The molecule has 0 saturated heterocycles. The molecule has 2 aliphatic heterocycles. The molecule has 138 valence electrons. The van der Waals surface area contributed by atoms with Crippen molar-refractivity contribution in [1.29, 1.82) is 0 Å². The van der Waals surface area contributed by atoms with Crippen LogP contribution in [-0.2, 0) is 4.79 Å². The Morgan fingerprint density at radius 2 is 1.63 bits per heavy atom. The predicted octanol–water partition coefficient (Wildman–Crippen LogP) is 5.90. The zero-order chi connectivity index (χ0) is 19.1. The summed E-state index contributed by atoms with van der Waals surface area (Å²) < 4.78 is 0. The number of hydrogen-bond donors (Lipinski definition) is 1. The molecule has 27 heavy (non-hydrogen) atoms. The van der Waals surface area contributed by atoms with Crippen LogP contribution in [0.3, 0.4) is 0 Å². The summed E-state index contributed by atoms with van der Waals surface area (Å²) in [6.07, 6.45) is 0.616. The van der Waals surface area contributed by atoms with Crippen molar-refractivity contribution < 1.29 is 9.90 Å². The van der Waals surface area contributed by atoms with Crippen LogP contribution in [0.25, 0.3) is 0 Å². The third-order valence-corrected chi connectivity index (χ3v) is 6.33. The Morgan fingerprint density at radius 1 is 1.07 bits per heavy atom. The number of rotatable bonds is 4. The van der Waals surface area contributed by atoms with E-state index in [1.54, 1.807) is 0 Å². The molecule has 4 rings (SSSR count). The molecule has 1 N–H and O–H groups in total. The van der Waals surface area contributed by atoms with Crippen molar-refractivity contribution in [2.75, 3.05) is 0 Å². The Bertz CT molecular complexity index is 955. The van der Waals surface area contributed by atoms with Gasteiger partial charge in [-0.2, -0.15) is 0 Å². The summed E-state index contributed by atoms with van der Waals surface area (Å²) in [5, 5.41) is 11.6. The first-order valence-electron chi connectivity index (χ1n) is 8.52. The SMILES string of the molecule is CCC1=C(C(=O)O)SC2=NC(c3ccc(Cl)cc3)C(c3ccc(Cl)cc3)N21. The molecule has 2 aliphatic rings. The number of carboxylic acid groups (broad SMARTS) is 1. The van der Waals surface area contributed by atoms with Crippen LogP contribution in [0.1, 0.15) is 36.6 Å². The number of aliphatic imine (C=N–C) groups is 1. The molecule has 0 bridgehead atoms. The van der Waals surface area contributed by atoms with E-state index in [0.29, 0.717) is 21.4 Å². The Hall–Kier alpha value is -1.95. The van der Waals surface area contributed by atoms with E-state index in [1.807, 2.05) is 55.5 Å². The maximum Gasteiger partial charge on any atom is 0.344 e. The van der Waals surface area contributed by atoms with Crippen molar-refractivity contribution in [2.24, 2.45) is 4.99 Å². The molecule has 2 aromatic rings. The predicted molar refractivity (Wildman–Crippen MR) is 110 cm³/mol. The van der Waals surface area contributed by atoms with Gasteiger partial charge in [-0.15, -0.1) is 0 Å². The number of benzene rings is 2. The largest absolute Gasteiger partial charge is 0.477 e. The fourth-order valence-corrected chi connectivity index (χ4v) is 4.91. The maximum absolute atomic E-state index is 11.7. The minimum absolute atomic E-state index is 0.127. The number of allylic oxidation sites excluding steroid dienone is 1. The second kappa shape index (κ2) is 7.23. The zero-order valence-corrected chi connectivity index (χ0v) is 16.7. The van der Waals surface area contributed by atoms with Crippen molar-refractivity contribution in [1.82, 2.24) is 4.90 Å². The van der Waals surface area contributed by atoms with Gasteiger partial charge in [0.05, 0.1) is 6.04 Å². The van der Waals surface area contributed by atoms with Crippen LogP contribution in [0.4, 0.5) is 0 Å². The van der Waals surface area contributed by atoms with E-state index < -0.39 is 5.97 Å². The molecule has 4 nitrogen and oxygen atoms in total. The molecular weight excluding hydrogens is 403 g/mol. The van der Waals surface area contributed by atoms with Crippen LogP contribution in [0.15, 0.2) is 64.1 Å². The third-order valence-electron chi connectivity index (χ3n) is 4.73. The highest BCUT2D eigenvalue weighted by Crippen LogP contribution is 2.52. The van der Waals surface area contributed by atoms with E-state index in [0.717, 1.165) is 22.0 Å². The lowest BCUT2D eigenvalue weighted by Gasteiger charge is -2.29. The highest BCUT2D eigenvalue weighted by atomic mass is 35.5. The number of hydrogen-bond acceptors (Lipinski definition) is 4. The van der Waals surface area contributed by atoms with Crippen LogP contribution >= 0.6 is 35.0 Å². The van der Waals surface area contributed by atoms with Crippen LogP contribution in [0.2, 0.25) is 10.0 Å². The van der Waals surface area contributed by atoms with E-state index in [2.05, 4.69) is 4.90 Å². The van der Waals surface area contributed by atoms with E-state index in [4.69, 9.17) is 28.2 Å². The summed E-state index contributed by atoms with van der Waals surface area (Å²) >= 11 is 13.3. The van der Waals surface area contributed by atoms with Crippen LogP contribution in [0.5, 0.6) is 0 Å². The molecular formula is C20H16Cl2N2O2S. The normalized spacial score (nSPS) is 21.4. The van der Waals surface area contributed by atoms with Gasteiger partial charge in [-0.05, 0) is 53.6 Å². The lowest BCUT2D eigenvalue weighted by molar-refractivity contribution is -0.131. The average molecular weight is 419 g/mol. The smallest absolute Gasteiger partial charge is 0.344 e. The molecule has 0 saturated carbocycles. The van der Waals surface area contributed by atoms with Gasteiger partial charge in [0, 0.05) is 15.7 Å². The molecule has 0 fully saturated rings. The lowest BCUT2D eigenvalue weighted by Crippen LogP contribution is -2.26. The van der Waals surface area contributed by atoms with E-state index in [9.17, 15) is 9.90 Å². The molecule has 0 spiro atoms. The second-order valence-corrected chi connectivity index (χ2v) is 8.16. The van der Waals surface area contributed by atoms with Gasteiger partial charge in [0.25, 0.3) is 0 Å². The first-order valence-corrected chi connectivity index (χ1v) is 10.1. The maximum atomic E-state index is 11.7. The van der Waals surface area contributed by atoms with Gasteiger partial charge in [0.2, 0.25) is 0 Å². The Balaban J connectivity index is 1.83. The van der Waals surface area contributed by atoms with Crippen LogP contribution in [0, 0.1) is 0 Å². The Kier molecular flexibility index (Phi) is 4.93. The monoisotopic (exact) mass is 418 g/mol. The highest BCUT2D eigenvalue weighted by molar-refractivity contribution is 8.18. The van der Waals surface area contributed by atoms with Crippen molar-refractivity contribution in [3.8, 4) is 0 Å². The number of nitrogens with zero attached hydrogens (tertiary/aromatic N) is 2. The topological polar surface area (TPSA) is 52.9 Å². The molecule has 0 radical (unpaired) electrons. The first kappa shape index (κ1) is 18.4. The summed E-state index contributed by atoms with van der Waals surface area (Å²) in [7, 11) is 0. The van der Waals surface area contributed by atoms with Crippen molar-refractivity contribution in [2.45, 2.75) is 25.4 Å². The highest BCUT2D eigenvalue weighted by Gasteiger charge is 2.45. The molecule has 0 aliphatic carbocycles. The molecule has 2 aromatic carbocycles. The standard InChI is InChI=1S/C20H16Cl2N2O2S/c1-2-15-18(19(25)26)27-20-23-16(11-3-7-13(21)8-4-11)17(24(15)20)12-5-9-14(22)10-6-12/h3-10,16-17H,2H2,1H3,(H,25,26). The fourth-order valence-electron chi connectivity index (χ4n) is 3.54. The van der Waals surface area contributed by atoms with Crippen LogP contribution in [-0.4, -0.2) is 21.1 Å². The summed E-state index contributed by atoms with van der Waals surface area (Å²) in [4.78, 5) is 19.0. The van der Waals surface area contributed by atoms with Gasteiger partial charge < -0.3 is 10.0 Å². The van der Waals surface area contributed by atoms with Gasteiger partial charge in [-0.25, -0.2) is 4.79 Å². The Labute approximate surface area is 171 Å². The number of carbonyl (C=O) groups is 1. The Morgan fingerprint density at radius 3 is 2.15 bits per heavy atom. The van der Waals surface area contributed by atoms with Crippen molar-refractivity contribution in [3.63, 3.8) is 0 Å². The van der Waals surface area contributed by atoms with E-state index in [1.165, 1.54) is 11.8 Å². The minimum atomic E-state index is -0.910. The van der Waals surface area contributed by atoms with Crippen molar-refractivity contribution in [3.05, 3.63) is 80.3 Å². The summed E-state index contributed by atoms with van der Waals surface area (Å²) in [5.41, 5.74) is 2.87. The number of aliphatic carboxylic acids is 1. The van der Waals surface area contributed by atoms with E-state index in [-0.39, 0.29) is 12.1 Å². The van der Waals surface area contributed by atoms with Gasteiger partial charge in [-0.1, -0.05) is 54.4 Å².